The molecule has 1 saturated carbocycles. The van der Waals surface area contributed by atoms with Crippen LogP contribution in [-0.2, 0) is 4.79 Å². The molecule has 1 fully saturated rings. The van der Waals surface area contributed by atoms with Gasteiger partial charge in [0.2, 0.25) is 0 Å². The lowest BCUT2D eigenvalue weighted by atomic mass is 9.64. The van der Waals surface area contributed by atoms with Gasteiger partial charge < -0.3 is 10.2 Å². The Balaban J connectivity index is 2.76. The number of rotatable bonds is 4. The molecule has 2 N–H and O–H groups in total. The van der Waals surface area contributed by atoms with Crippen molar-refractivity contribution in [1.82, 2.24) is 0 Å². The highest BCUT2D eigenvalue weighted by Crippen LogP contribution is 2.45. The number of carboxylic acid groups (broad SMARTS) is 1. The van der Waals surface area contributed by atoms with E-state index < -0.39 is 12.1 Å². The topological polar surface area (TPSA) is 57.5 Å². The number of aliphatic carboxylic acids is 1. The standard InChI is InChI=1S/C15H24O3/c1-10-6-5-7-15(3,4)12(10)9-13(16)11(2)8-14(17)18/h8,12-13,16H,1,5-7,9H2,2-4H3,(H,17,18). The lowest BCUT2D eigenvalue weighted by Crippen LogP contribution is -2.32. The monoisotopic (exact) mass is 252 g/mol. The molecule has 0 heterocycles. The Morgan fingerprint density at radius 2 is 2.22 bits per heavy atom. The summed E-state index contributed by atoms with van der Waals surface area (Å²) in [4.78, 5) is 10.6. The number of carboxylic acids is 1. The number of hydrogen-bond donors (Lipinski definition) is 2. The number of aliphatic hydroxyl groups is 1. The third kappa shape index (κ3) is 3.70. The van der Waals surface area contributed by atoms with E-state index in [1.807, 2.05) is 0 Å². The van der Waals surface area contributed by atoms with Gasteiger partial charge in [0, 0.05) is 6.08 Å². The van der Waals surface area contributed by atoms with E-state index in [1.165, 1.54) is 5.57 Å². The largest absolute Gasteiger partial charge is 0.478 e. The second-order valence-electron chi connectivity index (χ2n) is 6.03. The van der Waals surface area contributed by atoms with Crippen LogP contribution in [-0.4, -0.2) is 22.3 Å². The first-order valence-electron chi connectivity index (χ1n) is 6.51. The molecule has 1 aliphatic carbocycles. The molecule has 3 heteroatoms. The highest BCUT2D eigenvalue weighted by atomic mass is 16.4. The molecule has 0 spiro atoms. The summed E-state index contributed by atoms with van der Waals surface area (Å²) < 4.78 is 0. The minimum atomic E-state index is -1.01. The van der Waals surface area contributed by atoms with Crippen molar-refractivity contribution in [3.63, 3.8) is 0 Å². The fourth-order valence-electron chi connectivity index (χ4n) is 2.86. The summed E-state index contributed by atoms with van der Waals surface area (Å²) in [6.07, 6.45) is 4.26. The quantitative estimate of drug-likeness (QED) is 0.597. The van der Waals surface area contributed by atoms with Crippen LogP contribution in [0.5, 0.6) is 0 Å². The predicted octanol–water partition coefficient (Wildman–Crippen LogP) is 3.15. The van der Waals surface area contributed by atoms with Crippen molar-refractivity contribution in [2.75, 3.05) is 0 Å². The van der Waals surface area contributed by atoms with Gasteiger partial charge in [-0.25, -0.2) is 4.79 Å². The molecule has 102 valence electrons. The molecular formula is C15H24O3. The van der Waals surface area contributed by atoms with Gasteiger partial charge in [0.25, 0.3) is 0 Å². The van der Waals surface area contributed by atoms with Crippen LogP contribution >= 0.6 is 0 Å². The fourth-order valence-corrected chi connectivity index (χ4v) is 2.86. The Morgan fingerprint density at radius 1 is 1.61 bits per heavy atom. The highest BCUT2D eigenvalue weighted by molar-refractivity contribution is 5.80. The molecule has 3 nitrogen and oxygen atoms in total. The summed E-state index contributed by atoms with van der Waals surface area (Å²) in [6.45, 7) is 10.2. The summed E-state index contributed by atoms with van der Waals surface area (Å²) in [5, 5.41) is 18.8. The smallest absolute Gasteiger partial charge is 0.328 e. The number of allylic oxidation sites excluding steroid dienone is 1. The lowest BCUT2D eigenvalue weighted by Gasteiger charge is -2.41. The van der Waals surface area contributed by atoms with Gasteiger partial charge in [-0.05, 0) is 49.5 Å². The fraction of sp³-hybridized carbons (Fsp3) is 0.667. The van der Waals surface area contributed by atoms with Crippen LogP contribution in [0.1, 0.15) is 46.5 Å². The van der Waals surface area contributed by atoms with Crippen molar-refractivity contribution >= 4 is 5.97 Å². The van der Waals surface area contributed by atoms with Crippen molar-refractivity contribution < 1.29 is 15.0 Å². The maximum Gasteiger partial charge on any atom is 0.328 e. The molecule has 0 aromatic rings. The van der Waals surface area contributed by atoms with Crippen LogP contribution in [0, 0.1) is 11.3 Å². The molecule has 0 saturated heterocycles. The molecule has 0 radical (unpaired) electrons. The van der Waals surface area contributed by atoms with Crippen molar-refractivity contribution in [2.45, 2.75) is 52.6 Å². The Morgan fingerprint density at radius 3 is 2.72 bits per heavy atom. The Hall–Kier alpha value is -1.09. The molecule has 0 aliphatic heterocycles. The first kappa shape index (κ1) is 15.0. The zero-order chi connectivity index (χ0) is 13.9. The van der Waals surface area contributed by atoms with E-state index >= 15 is 0 Å². The molecule has 18 heavy (non-hydrogen) atoms. The number of aliphatic hydroxyl groups excluding tert-OH is 1. The summed E-state index contributed by atoms with van der Waals surface area (Å²) in [5.41, 5.74) is 1.84. The molecule has 2 unspecified atom stereocenters. The van der Waals surface area contributed by atoms with Gasteiger partial charge >= 0.3 is 5.97 Å². The van der Waals surface area contributed by atoms with Crippen LogP contribution in [0.2, 0.25) is 0 Å². The van der Waals surface area contributed by atoms with Crippen molar-refractivity contribution in [1.29, 1.82) is 0 Å². The van der Waals surface area contributed by atoms with E-state index in [1.54, 1.807) is 6.92 Å². The Labute approximate surface area is 109 Å². The maximum absolute atomic E-state index is 10.6. The predicted molar refractivity (Wildman–Crippen MR) is 72.3 cm³/mol. The minimum absolute atomic E-state index is 0.139. The summed E-state index contributed by atoms with van der Waals surface area (Å²) in [6, 6.07) is 0. The average Bonchev–Trinajstić information content (AvgIpc) is 2.22. The Bertz CT molecular complexity index is 366. The van der Waals surface area contributed by atoms with Crippen LogP contribution in [0.15, 0.2) is 23.8 Å². The zero-order valence-electron chi connectivity index (χ0n) is 11.6. The normalized spacial score (nSPS) is 25.9. The second-order valence-corrected chi connectivity index (χ2v) is 6.03. The number of hydrogen-bond acceptors (Lipinski definition) is 2. The van der Waals surface area contributed by atoms with E-state index in [0.29, 0.717) is 12.0 Å². The average molecular weight is 252 g/mol. The van der Waals surface area contributed by atoms with Crippen molar-refractivity contribution in [3.8, 4) is 0 Å². The van der Waals surface area contributed by atoms with E-state index in [9.17, 15) is 9.90 Å². The van der Waals surface area contributed by atoms with Gasteiger partial charge in [0.15, 0.2) is 0 Å². The first-order valence-corrected chi connectivity index (χ1v) is 6.51. The molecule has 0 amide bonds. The van der Waals surface area contributed by atoms with Gasteiger partial charge in [-0.2, -0.15) is 0 Å². The number of carbonyl (C=O) groups is 1. The molecule has 2 atom stereocenters. The van der Waals surface area contributed by atoms with Crippen LogP contribution in [0.3, 0.4) is 0 Å². The third-order valence-corrected chi connectivity index (χ3v) is 4.09. The van der Waals surface area contributed by atoms with Gasteiger partial charge in [0.05, 0.1) is 6.10 Å². The molecule has 1 rings (SSSR count). The van der Waals surface area contributed by atoms with E-state index in [2.05, 4.69) is 20.4 Å². The lowest BCUT2D eigenvalue weighted by molar-refractivity contribution is -0.131. The molecule has 0 bridgehead atoms. The van der Waals surface area contributed by atoms with Gasteiger partial charge in [-0.1, -0.05) is 26.0 Å². The summed E-state index contributed by atoms with van der Waals surface area (Å²) in [7, 11) is 0. The van der Waals surface area contributed by atoms with Gasteiger partial charge in [-0.15, -0.1) is 0 Å². The Kier molecular flexibility index (Phi) is 4.74. The molecular weight excluding hydrogens is 228 g/mol. The molecule has 1 aliphatic rings. The first-order chi connectivity index (χ1) is 8.24. The van der Waals surface area contributed by atoms with Crippen LogP contribution in [0.25, 0.3) is 0 Å². The van der Waals surface area contributed by atoms with Crippen LogP contribution in [0.4, 0.5) is 0 Å². The van der Waals surface area contributed by atoms with E-state index in [0.717, 1.165) is 25.3 Å². The maximum atomic E-state index is 10.6. The molecule has 0 aromatic carbocycles. The van der Waals surface area contributed by atoms with E-state index in [-0.39, 0.29) is 11.3 Å². The SMILES string of the molecule is C=C1CCCC(C)(C)C1CC(O)C(C)=CC(=O)O. The minimum Gasteiger partial charge on any atom is -0.478 e. The van der Waals surface area contributed by atoms with E-state index in [4.69, 9.17) is 5.11 Å². The van der Waals surface area contributed by atoms with Gasteiger partial charge in [-0.3, -0.25) is 0 Å². The van der Waals surface area contributed by atoms with Crippen LogP contribution < -0.4 is 0 Å². The summed E-state index contributed by atoms with van der Waals surface area (Å²) >= 11 is 0. The molecule has 0 aromatic heterocycles. The van der Waals surface area contributed by atoms with Gasteiger partial charge in [0.1, 0.15) is 0 Å². The zero-order valence-corrected chi connectivity index (χ0v) is 11.6. The second kappa shape index (κ2) is 5.70. The highest BCUT2D eigenvalue weighted by Gasteiger charge is 2.35. The van der Waals surface area contributed by atoms with Crippen molar-refractivity contribution in [3.05, 3.63) is 23.8 Å². The third-order valence-electron chi connectivity index (χ3n) is 4.09. The summed E-state index contributed by atoms with van der Waals surface area (Å²) in [5.74, 6) is -0.744. The van der Waals surface area contributed by atoms with Crippen molar-refractivity contribution in [2.24, 2.45) is 11.3 Å².